The Bertz CT molecular complexity index is 979. The number of hydrogen-bond donors (Lipinski definition) is 1. The first-order chi connectivity index (χ1) is 12.5. The number of nitrogens with one attached hydrogen (secondary N) is 1. The quantitative estimate of drug-likeness (QED) is 0.771. The zero-order chi connectivity index (χ0) is 18.3. The lowest BCUT2D eigenvalue weighted by atomic mass is 10.1. The van der Waals surface area contributed by atoms with E-state index in [0.717, 1.165) is 22.3 Å². The number of aryl methyl sites for hydroxylation is 3. The molecule has 1 fully saturated rings. The average Bonchev–Trinajstić information content (AvgIpc) is 2.95. The van der Waals surface area contributed by atoms with Crippen LogP contribution in [0.1, 0.15) is 39.2 Å². The van der Waals surface area contributed by atoms with Crippen LogP contribution < -0.4 is 0 Å². The maximum Gasteiger partial charge on any atom is 0.254 e. The normalized spacial score (nSPS) is 17.7. The van der Waals surface area contributed by atoms with Crippen molar-refractivity contribution in [1.82, 2.24) is 19.9 Å². The van der Waals surface area contributed by atoms with Gasteiger partial charge >= 0.3 is 0 Å². The molecule has 1 aliphatic heterocycles. The molecule has 3 heterocycles. The molecule has 6 nitrogen and oxygen atoms in total. The van der Waals surface area contributed by atoms with Crippen molar-refractivity contribution in [2.75, 3.05) is 19.7 Å². The van der Waals surface area contributed by atoms with Crippen molar-refractivity contribution in [1.29, 1.82) is 0 Å². The van der Waals surface area contributed by atoms with Gasteiger partial charge in [0.05, 0.1) is 13.2 Å². The van der Waals surface area contributed by atoms with Crippen molar-refractivity contribution >= 4 is 16.8 Å². The molecule has 0 unspecified atom stereocenters. The maximum atomic E-state index is 13.0. The molecular formula is C20H22N4O2. The third-order valence-electron chi connectivity index (χ3n) is 5.01. The molecule has 1 amide bonds. The number of amides is 1. The Kier molecular flexibility index (Phi) is 4.20. The Morgan fingerprint density at radius 1 is 1.27 bits per heavy atom. The summed E-state index contributed by atoms with van der Waals surface area (Å²) in [5.74, 6) is 0.654. The van der Waals surface area contributed by atoms with Crippen molar-refractivity contribution in [2.24, 2.45) is 0 Å². The van der Waals surface area contributed by atoms with E-state index >= 15 is 0 Å². The van der Waals surface area contributed by atoms with Crippen LogP contribution >= 0.6 is 0 Å². The molecule has 1 aliphatic rings. The highest BCUT2D eigenvalue weighted by molar-refractivity contribution is 5.99. The number of aromatic amines is 1. The number of rotatable bonds is 2. The minimum atomic E-state index is -0.285. The first-order valence-electron chi connectivity index (χ1n) is 8.82. The molecule has 1 atom stereocenters. The summed E-state index contributed by atoms with van der Waals surface area (Å²) in [6.07, 6.45) is 1.44. The minimum Gasteiger partial charge on any atom is -0.367 e. The van der Waals surface area contributed by atoms with Gasteiger partial charge in [-0.2, -0.15) is 0 Å². The van der Waals surface area contributed by atoms with Crippen LogP contribution in [0.25, 0.3) is 10.9 Å². The van der Waals surface area contributed by atoms with Crippen LogP contribution in [0.2, 0.25) is 0 Å². The summed E-state index contributed by atoms with van der Waals surface area (Å²) in [7, 11) is 0. The number of nitrogens with zero attached hydrogens (tertiary/aromatic N) is 3. The number of morpholine rings is 1. The lowest BCUT2D eigenvalue weighted by molar-refractivity contribution is -0.0268. The van der Waals surface area contributed by atoms with Crippen LogP contribution in [0, 0.1) is 20.8 Å². The first-order valence-corrected chi connectivity index (χ1v) is 8.82. The van der Waals surface area contributed by atoms with E-state index in [1.807, 2.05) is 43.0 Å². The van der Waals surface area contributed by atoms with Crippen molar-refractivity contribution in [3.8, 4) is 0 Å². The van der Waals surface area contributed by atoms with Gasteiger partial charge in [-0.1, -0.05) is 0 Å². The molecule has 0 radical (unpaired) electrons. The van der Waals surface area contributed by atoms with Crippen LogP contribution in [-0.4, -0.2) is 45.5 Å². The fraction of sp³-hybridized carbons (Fsp3) is 0.350. The van der Waals surface area contributed by atoms with Crippen molar-refractivity contribution in [3.05, 3.63) is 58.8 Å². The standard InChI is InChI=1S/C20H22N4O2/c1-12-6-7-21-19(22-12)18-11-24(8-9-26-18)20(25)15-4-5-17-16(10-15)13(2)14(3)23-17/h4-7,10,18,23H,8-9,11H2,1-3H3/t18-/m1/s1. The number of carbonyl (C=O) groups is 1. The van der Waals surface area contributed by atoms with Crippen molar-refractivity contribution in [3.63, 3.8) is 0 Å². The molecular weight excluding hydrogens is 328 g/mol. The van der Waals surface area contributed by atoms with Gasteiger partial charge in [0.15, 0.2) is 5.82 Å². The van der Waals surface area contributed by atoms with Gasteiger partial charge in [-0.3, -0.25) is 4.79 Å². The highest BCUT2D eigenvalue weighted by Crippen LogP contribution is 2.25. The molecule has 0 aliphatic carbocycles. The van der Waals surface area contributed by atoms with E-state index in [1.165, 1.54) is 5.56 Å². The van der Waals surface area contributed by atoms with Crippen LogP contribution in [-0.2, 0) is 4.74 Å². The molecule has 6 heteroatoms. The number of H-pyrrole nitrogens is 1. The van der Waals surface area contributed by atoms with Gasteiger partial charge in [0.1, 0.15) is 6.10 Å². The summed E-state index contributed by atoms with van der Waals surface area (Å²) in [5, 5.41) is 1.10. The lowest BCUT2D eigenvalue weighted by Gasteiger charge is -2.32. The number of carbonyl (C=O) groups excluding carboxylic acids is 1. The summed E-state index contributed by atoms with van der Waals surface area (Å²) in [6, 6.07) is 7.69. The van der Waals surface area contributed by atoms with Crippen LogP contribution in [0.4, 0.5) is 0 Å². The molecule has 3 aromatic rings. The van der Waals surface area contributed by atoms with Gasteiger partial charge < -0.3 is 14.6 Å². The van der Waals surface area contributed by atoms with Gasteiger partial charge in [-0.05, 0) is 50.6 Å². The van der Waals surface area contributed by atoms with Gasteiger partial charge in [-0.15, -0.1) is 0 Å². The molecule has 0 saturated carbocycles. The first kappa shape index (κ1) is 16.7. The Balaban J connectivity index is 1.58. The van der Waals surface area contributed by atoms with E-state index in [-0.39, 0.29) is 12.0 Å². The molecule has 26 heavy (non-hydrogen) atoms. The third-order valence-corrected chi connectivity index (χ3v) is 5.01. The van der Waals surface area contributed by atoms with Gasteiger partial charge in [-0.25, -0.2) is 9.97 Å². The van der Waals surface area contributed by atoms with E-state index in [4.69, 9.17) is 4.74 Å². The Morgan fingerprint density at radius 3 is 2.92 bits per heavy atom. The van der Waals surface area contributed by atoms with Gasteiger partial charge in [0.2, 0.25) is 0 Å². The number of ether oxygens (including phenoxy) is 1. The summed E-state index contributed by atoms with van der Waals surface area (Å²) >= 11 is 0. The Morgan fingerprint density at radius 2 is 2.12 bits per heavy atom. The van der Waals surface area contributed by atoms with Gasteiger partial charge in [0.25, 0.3) is 5.91 Å². The summed E-state index contributed by atoms with van der Waals surface area (Å²) in [6.45, 7) is 7.56. The van der Waals surface area contributed by atoms with E-state index < -0.39 is 0 Å². The SMILES string of the molecule is Cc1ccnc([C@H]2CN(C(=O)c3ccc4[nH]c(C)c(C)c4c3)CCO2)n1. The Labute approximate surface area is 152 Å². The summed E-state index contributed by atoms with van der Waals surface area (Å²) < 4.78 is 5.80. The predicted molar refractivity (Wildman–Crippen MR) is 99.1 cm³/mol. The van der Waals surface area contributed by atoms with E-state index in [1.54, 1.807) is 6.20 Å². The van der Waals surface area contributed by atoms with E-state index in [0.29, 0.717) is 31.1 Å². The molecule has 134 valence electrons. The largest absolute Gasteiger partial charge is 0.367 e. The minimum absolute atomic E-state index is 0.0195. The maximum absolute atomic E-state index is 13.0. The fourth-order valence-electron chi connectivity index (χ4n) is 3.39. The molecule has 4 rings (SSSR count). The van der Waals surface area contributed by atoms with Crippen LogP contribution in [0.5, 0.6) is 0 Å². The highest BCUT2D eigenvalue weighted by atomic mass is 16.5. The predicted octanol–water partition coefficient (Wildman–Crippen LogP) is 3.10. The second-order valence-corrected chi connectivity index (χ2v) is 6.80. The van der Waals surface area contributed by atoms with Crippen LogP contribution in [0.3, 0.4) is 0 Å². The molecule has 0 bridgehead atoms. The molecule has 0 spiro atoms. The summed E-state index contributed by atoms with van der Waals surface area (Å²) in [4.78, 5) is 26.9. The zero-order valence-corrected chi connectivity index (χ0v) is 15.2. The third kappa shape index (κ3) is 2.97. The second-order valence-electron chi connectivity index (χ2n) is 6.80. The number of hydrogen-bond acceptors (Lipinski definition) is 4. The monoisotopic (exact) mass is 350 g/mol. The van der Waals surface area contributed by atoms with E-state index in [9.17, 15) is 4.79 Å². The molecule has 2 aromatic heterocycles. The molecule has 1 aromatic carbocycles. The summed E-state index contributed by atoms with van der Waals surface area (Å²) in [5.41, 5.74) is 4.97. The zero-order valence-electron chi connectivity index (χ0n) is 15.2. The lowest BCUT2D eigenvalue weighted by Crippen LogP contribution is -2.42. The highest BCUT2D eigenvalue weighted by Gasteiger charge is 2.28. The molecule has 1 saturated heterocycles. The number of benzene rings is 1. The van der Waals surface area contributed by atoms with E-state index in [2.05, 4.69) is 21.9 Å². The number of fused-ring (bicyclic) bond motifs is 1. The molecule has 1 N–H and O–H groups in total. The average molecular weight is 350 g/mol. The van der Waals surface area contributed by atoms with Crippen LogP contribution in [0.15, 0.2) is 30.5 Å². The smallest absolute Gasteiger partial charge is 0.254 e. The van der Waals surface area contributed by atoms with Gasteiger partial charge in [0, 0.05) is 40.6 Å². The number of aromatic nitrogens is 3. The van der Waals surface area contributed by atoms with Crippen molar-refractivity contribution in [2.45, 2.75) is 26.9 Å². The second kappa shape index (κ2) is 6.53. The fourth-order valence-corrected chi connectivity index (χ4v) is 3.39. The Hall–Kier alpha value is -2.73. The van der Waals surface area contributed by atoms with Crippen molar-refractivity contribution < 1.29 is 9.53 Å². The topological polar surface area (TPSA) is 71.1 Å².